The van der Waals surface area contributed by atoms with E-state index in [9.17, 15) is 0 Å². The lowest BCUT2D eigenvalue weighted by Crippen LogP contribution is -2.40. The Morgan fingerprint density at radius 1 is 1.21 bits per heavy atom. The second-order valence-electron chi connectivity index (χ2n) is 4.30. The molecule has 0 amide bonds. The van der Waals surface area contributed by atoms with Gasteiger partial charge in [0.05, 0.1) is 12.7 Å². The minimum Gasteiger partial charge on any atom is -0.375 e. The SMILES string of the molecule is Cl.NC1CC[C@@H](CN2CCCC2)OC1. The highest BCUT2D eigenvalue weighted by Gasteiger charge is 2.22. The molecule has 2 heterocycles. The molecular formula is C10H21ClN2O. The molecule has 14 heavy (non-hydrogen) atoms. The van der Waals surface area contributed by atoms with E-state index < -0.39 is 0 Å². The van der Waals surface area contributed by atoms with Crippen LogP contribution in [0.15, 0.2) is 0 Å². The van der Waals surface area contributed by atoms with E-state index in [-0.39, 0.29) is 18.4 Å². The fraction of sp³-hybridized carbons (Fsp3) is 1.00. The summed E-state index contributed by atoms with van der Waals surface area (Å²) < 4.78 is 5.69. The van der Waals surface area contributed by atoms with Crippen molar-refractivity contribution in [3.63, 3.8) is 0 Å². The first-order valence-electron chi connectivity index (χ1n) is 5.44. The molecule has 84 valence electrons. The first-order valence-corrected chi connectivity index (χ1v) is 5.44. The standard InChI is InChI=1S/C10H20N2O.ClH/c11-9-3-4-10(13-8-9)7-12-5-1-2-6-12;/h9-10H,1-8,11H2;1H/t9?,10-;/m0./s1. The Morgan fingerprint density at radius 3 is 2.50 bits per heavy atom. The van der Waals surface area contributed by atoms with Crippen LogP contribution < -0.4 is 5.73 Å². The number of nitrogens with two attached hydrogens (primary N) is 1. The van der Waals surface area contributed by atoms with Gasteiger partial charge >= 0.3 is 0 Å². The maximum atomic E-state index is 5.77. The predicted molar refractivity (Wildman–Crippen MR) is 59.9 cm³/mol. The molecule has 0 bridgehead atoms. The van der Waals surface area contributed by atoms with Crippen LogP contribution in [0.4, 0.5) is 0 Å². The third-order valence-electron chi connectivity index (χ3n) is 3.07. The zero-order chi connectivity index (χ0) is 9.10. The molecule has 2 fully saturated rings. The summed E-state index contributed by atoms with van der Waals surface area (Å²) >= 11 is 0. The third kappa shape index (κ3) is 3.39. The molecule has 0 aromatic carbocycles. The molecule has 1 unspecified atom stereocenters. The van der Waals surface area contributed by atoms with Gasteiger partial charge in [0, 0.05) is 12.6 Å². The average Bonchev–Trinajstić information content (AvgIpc) is 2.62. The summed E-state index contributed by atoms with van der Waals surface area (Å²) in [6.45, 7) is 4.43. The molecule has 0 spiro atoms. The largest absolute Gasteiger partial charge is 0.375 e. The zero-order valence-corrected chi connectivity index (χ0v) is 9.47. The minimum absolute atomic E-state index is 0. The van der Waals surface area contributed by atoms with Crippen LogP contribution in [0.1, 0.15) is 25.7 Å². The monoisotopic (exact) mass is 220 g/mol. The molecule has 0 aromatic heterocycles. The summed E-state index contributed by atoms with van der Waals surface area (Å²) in [6.07, 6.45) is 5.48. The van der Waals surface area contributed by atoms with E-state index in [2.05, 4.69) is 4.90 Å². The molecule has 0 aromatic rings. The van der Waals surface area contributed by atoms with Crippen molar-refractivity contribution < 1.29 is 4.74 Å². The summed E-state index contributed by atoms with van der Waals surface area (Å²) in [5.74, 6) is 0. The van der Waals surface area contributed by atoms with Gasteiger partial charge in [0.25, 0.3) is 0 Å². The molecule has 0 aliphatic carbocycles. The second kappa shape index (κ2) is 5.91. The molecule has 2 aliphatic heterocycles. The Balaban J connectivity index is 0.000000980. The molecule has 2 atom stereocenters. The number of nitrogens with zero attached hydrogens (tertiary/aromatic N) is 1. The molecule has 2 saturated heterocycles. The van der Waals surface area contributed by atoms with Gasteiger partial charge in [-0.15, -0.1) is 12.4 Å². The van der Waals surface area contributed by atoms with Gasteiger partial charge in [0.2, 0.25) is 0 Å². The Morgan fingerprint density at radius 2 is 1.93 bits per heavy atom. The van der Waals surface area contributed by atoms with E-state index in [0.29, 0.717) is 6.10 Å². The fourth-order valence-corrected chi connectivity index (χ4v) is 2.22. The summed E-state index contributed by atoms with van der Waals surface area (Å²) in [4.78, 5) is 2.52. The average molecular weight is 221 g/mol. The number of rotatable bonds is 2. The highest BCUT2D eigenvalue weighted by Crippen LogP contribution is 2.16. The lowest BCUT2D eigenvalue weighted by molar-refractivity contribution is -0.0110. The molecule has 3 nitrogen and oxygen atoms in total. The van der Waals surface area contributed by atoms with Crippen molar-refractivity contribution in [2.24, 2.45) is 5.73 Å². The van der Waals surface area contributed by atoms with E-state index in [0.717, 1.165) is 26.0 Å². The Hall–Kier alpha value is 0.170. The fourth-order valence-electron chi connectivity index (χ4n) is 2.22. The van der Waals surface area contributed by atoms with Crippen LogP contribution in [0.25, 0.3) is 0 Å². The van der Waals surface area contributed by atoms with Crippen molar-refractivity contribution in [2.75, 3.05) is 26.2 Å². The topological polar surface area (TPSA) is 38.5 Å². The van der Waals surface area contributed by atoms with Crippen LogP contribution >= 0.6 is 12.4 Å². The minimum atomic E-state index is 0. The normalized spacial score (nSPS) is 34.1. The van der Waals surface area contributed by atoms with Crippen LogP contribution in [-0.2, 0) is 4.74 Å². The third-order valence-corrected chi connectivity index (χ3v) is 3.07. The van der Waals surface area contributed by atoms with Gasteiger partial charge in [-0.1, -0.05) is 0 Å². The van der Waals surface area contributed by atoms with Crippen molar-refractivity contribution in [1.82, 2.24) is 4.90 Å². The van der Waals surface area contributed by atoms with Gasteiger partial charge in [0.1, 0.15) is 0 Å². The maximum Gasteiger partial charge on any atom is 0.0703 e. The van der Waals surface area contributed by atoms with Gasteiger partial charge in [-0.05, 0) is 38.8 Å². The van der Waals surface area contributed by atoms with Crippen molar-refractivity contribution in [3.8, 4) is 0 Å². The lowest BCUT2D eigenvalue weighted by atomic mass is 10.1. The Kier molecular flexibility index (Phi) is 5.17. The van der Waals surface area contributed by atoms with Crippen molar-refractivity contribution in [2.45, 2.75) is 37.8 Å². The number of likely N-dealkylation sites (tertiary alicyclic amines) is 1. The van der Waals surface area contributed by atoms with E-state index in [1.54, 1.807) is 0 Å². The van der Waals surface area contributed by atoms with Gasteiger partial charge in [-0.25, -0.2) is 0 Å². The maximum absolute atomic E-state index is 5.77. The van der Waals surface area contributed by atoms with Crippen molar-refractivity contribution >= 4 is 12.4 Å². The van der Waals surface area contributed by atoms with Gasteiger partial charge in [-0.2, -0.15) is 0 Å². The van der Waals surface area contributed by atoms with Crippen LogP contribution in [0.5, 0.6) is 0 Å². The number of ether oxygens (including phenoxy) is 1. The van der Waals surface area contributed by atoms with Crippen LogP contribution in [0, 0.1) is 0 Å². The molecule has 0 radical (unpaired) electrons. The first kappa shape index (κ1) is 12.2. The van der Waals surface area contributed by atoms with Gasteiger partial charge < -0.3 is 15.4 Å². The summed E-state index contributed by atoms with van der Waals surface area (Å²) in [7, 11) is 0. The van der Waals surface area contributed by atoms with Crippen LogP contribution in [0.2, 0.25) is 0 Å². The predicted octanol–water partition coefficient (Wildman–Crippen LogP) is 1.01. The smallest absolute Gasteiger partial charge is 0.0703 e. The van der Waals surface area contributed by atoms with E-state index in [1.807, 2.05) is 0 Å². The molecule has 2 aliphatic rings. The lowest BCUT2D eigenvalue weighted by Gasteiger charge is -2.29. The number of halogens is 1. The highest BCUT2D eigenvalue weighted by atomic mass is 35.5. The molecule has 4 heteroatoms. The quantitative estimate of drug-likeness (QED) is 0.755. The molecule has 2 rings (SSSR count). The second-order valence-corrected chi connectivity index (χ2v) is 4.30. The number of hydrogen-bond acceptors (Lipinski definition) is 3. The summed E-state index contributed by atoms with van der Waals surface area (Å²) in [6, 6.07) is 0.287. The molecule has 2 N–H and O–H groups in total. The Bertz CT molecular complexity index is 154. The van der Waals surface area contributed by atoms with E-state index in [4.69, 9.17) is 10.5 Å². The van der Waals surface area contributed by atoms with Gasteiger partial charge in [-0.3, -0.25) is 0 Å². The summed E-state index contributed by atoms with van der Waals surface area (Å²) in [5, 5.41) is 0. The van der Waals surface area contributed by atoms with Gasteiger partial charge in [0.15, 0.2) is 0 Å². The molecular weight excluding hydrogens is 200 g/mol. The van der Waals surface area contributed by atoms with Crippen LogP contribution in [-0.4, -0.2) is 43.3 Å². The van der Waals surface area contributed by atoms with E-state index >= 15 is 0 Å². The summed E-state index contributed by atoms with van der Waals surface area (Å²) in [5.41, 5.74) is 5.77. The van der Waals surface area contributed by atoms with Crippen molar-refractivity contribution in [1.29, 1.82) is 0 Å². The highest BCUT2D eigenvalue weighted by molar-refractivity contribution is 5.85. The van der Waals surface area contributed by atoms with E-state index in [1.165, 1.54) is 25.9 Å². The molecule has 0 saturated carbocycles. The number of hydrogen-bond donors (Lipinski definition) is 1. The Labute approximate surface area is 92.4 Å². The van der Waals surface area contributed by atoms with Crippen LogP contribution in [0.3, 0.4) is 0 Å². The zero-order valence-electron chi connectivity index (χ0n) is 8.65. The first-order chi connectivity index (χ1) is 6.34. The van der Waals surface area contributed by atoms with Crippen molar-refractivity contribution in [3.05, 3.63) is 0 Å².